The van der Waals surface area contributed by atoms with E-state index in [2.05, 4.69) is 31.4 Å². The second-order valence-corrected chi connectivity index (χ2v) is 7.97. The molecular weight excluding hydrogens is 462 g/mol. The maximum Gasteiger partial charge on any atom is 0.239 e. The molecule has 0 aliphatic carbocycles. The lowest BCUT2D eigenvalue weighted by Crippen LogP contribution is -2.12. The highest BCUT2D eigenvalue weighted by atomic mass is 15.3. The highest BCUT2D eigenvalue weighted by molar-refractivity contribution is 6.05. The molecule has 5 aromatic heterocycles. The molecule has 0 amide bonds. The molecule has 37 heavy (non-hydrogen) atoms. The minimum absolute atomic E-state index is 0.491. The van der Waals surface area contributed by atoms with Crippen LogP contribution in [0.4, 0.5) is 0 Å². The molecule has 2 aliphatic heterocycles. The fourth-order valence-electron chi connectivity index (χ4n) is 4.54. The predicted molar refractivity (Wildman–Crippen MR) is 145 cm³/mol. The first-order valence-corrected chi connectivity index (χ1v) is 11.9. The second kappa shape index (κ2) is 9.09. The van der Waals surface area contributed by atoms with Crippen molar-refractivity contribution < 1.29 is 0 Å². The number of hydrogen-bond donors (Lipinski definition) is 0. The third kappa shape index (κ3) is 3.54. The Balaban J connectivity index is 0.00000123. The van der Waals surface area contributed by atoms with E-state index < -0.39 is 0 Å². The molecule has 178 valence electrons. The minimum Gasteiger partial charge on any atom is -0.277 e. The number of pyridine rings is 2. The van der Waals surface area contributed by atoms with Crippen molar-refractivity contribution in [2.75, 3.05) is 0 Å². The summed E-state index contributed by atoms with van der Waals surface area (Å²) in [7, 11) is 0. The fraction of sp³-hybridized carbons (Fsp3) is 0.107. The van der Waals surface area contributed by atoms with Crippen LogP contribution in [-0.2, 0) is 0 Å². The highest BCUT2D eigenvalue weighted by Crippen LogP contribution is 2.31. The van der Waals surface area contributed by atoms with E-state index >= 15 is 0 Å². The molecule has 7 rings (SSSR count). The molecule has 0 saturated carbocycles. The predicted octanol–water partition coefficient (Wildman–Crippen LogP) is 5.00. The van der Waals surface area contributed by atoms with E-state index in [-0.39, 0.29) is 0 Å². The molecule has 0 N–H and O–H groups in total. The zero-order chi connectivity index (χ0) is 25.4. The Hall–Kier alpha value is -5.23. The fourth-order valence-corrected chi connectivity index (χ4v) is 4.54. The number of aryl methyl sites for hydroxylation is 1. The average Bonchev–Trinajstić information content (AvgIpc) is 3.14. The van der Waals surface area contributed by atoms with E-state index in [0.29, 0.717) is 17.7 Å². The molecule has 0 fully saturated rings. The smallest absolute Gasteiger partial charge is 0.239 e. The lowest BCUT2D eigenvalue weighted by atomic mass is 10.2. The van der Waals surface area contributed by atoms with Crippen LogP contribution in [-0.4, -0.2) is 46.5 Å². The second-order valence-electron chi connectivity index (χ2n) is 7.97. The van der Waals surface area contributed by atoms with Crippen LogP contribution in [0.25, 0.3) is 45.9 Å². The van der Waals surface area contributed by atoms with Crippen LogP contribution in [0.1, 0.15) is 42.2 Å². The van der Waals surface area contributed by atoms with Gasteiger partial charge in [-0.1, -0.05) is 25.3 Å². The van der Waals surface area contributed by atoms with E-state index in [0.717, 1.165) is 44.3 Å². The summed E-state index contributed by atoms with van der Waals surface area (Å²) in [5.41, 5.74) is 11.7. The maximum absolute atomic E-state index is 4.95. The molecule has 0 atom stereocenters. The first-order valence-electron chi connectivity index (χ1n) is 11.9. The van der Waals surface area contributed by atoms with Crippen molar-refractivity contribution in [2.45, 2.75) is 20.8 Å². The van der Waals surface area contributed by atoms with Crippen molar-refractivity contribution in [1.82, 2.24) is 34.1 Å². The summed E-state index contributed by atoms with van der Waals surface area (Å²) < 4.78 is 3.98. The van der Waals surface area contributed by atoms with Crippen molar-refractivity contribution in [3.63, 3.8) is 0 Å². The lowest BCUT2D eigenvalue weighted by molar-refractivity contribution is 0.831. The van der Waals surface area contributed by atoms with Gasteiger partial charge >= 0.3 is 0 Å². The number of aliphatic imine (C=N–C) groups is 2. The third-order valence-corrected chi connectivity index (χ3v) is 5.96. The summed E-state index contributed by atoms with van der Waals surface area (Å²) in [5.74, 6) is 1.57. The van der Waals surface area contributed by atoms with E-state index in [1.54, 1.807) is 24.8 Å². The summed E-state index contributed by atoms with van der Waals surface area (Å²) in [5, 5.41) is 1.91. The van der Waals surface area contributed by atoms with Gasteiger partial charge in [0.25, 0.3) is 0 Å². The summed E-state index contributed by atoms with van der Waals surface area (Å²) in [4.78, 5) is 31.7. The van der Waals surface area contributed by atoms with E-state index in [9.17, 15) is 0 Å². The molecule has 9 nitrogen and oxygen atoms in total. The van der Waals surface area contributed by atoms with Gasteiger partial charge in [0, 0.05) is 71.3 Å². The quantitative estimate of drug-likeness (QED) is 0.329. The van der Waals surface area contributed by atoms with Crippen molar-refractivity contribution in [2.24, 2.45) is 9.98 Å². The number of rotatable bonds is 2. The van der Waals surface area contributed by atoms with Crippen LogP contribution in [0.2, 0.25) is 0 Å². The molecule has 0 unspecified atom stereocenters. The first kappa shape index (κ1) is 22.2. The molecule has 0 aromatic carbocycles. The zero-order valence-corrected chi connectivity index (χ0v) is 20.5. The van der Waals surface area contributed by atoms with Gasteiger partial charge in [0.2, 0.25) is 11.9 Å². The zero-order valence-electron chi connectivity index (χ0n) is 20.5. The number of nitrogens with zero attached hydrogens (tertiary/aromatic N) is 9. The Kier molecular flexibility index (Phi) is 5.47. The van der Waals surface area contributed by atoms with Gasteiger partial charge < -0.3 is 0 Å². The molecule has 5 aromatic rings. The molecule has 2 aliphatic rings. The van der Waals surface area contributed by atoms with Crippen LogP contribution >= 0.6 is 0 Å². The maximum atomic E-state index is 4.95. The minimum atomic E-state index is 0.491. The average molecular weight is 484 g/mol. The molecule has 7 heterocycles. The van der Waals surface area contributed by atoms with Crippen LogP contribution in [0.5, 0.6) is 0 Å². The van der Waals surface area contributed by atoms with E-state index in [4.69, 9.17) is 15.0 Å². The van der Waals surface area contributed by atoms with Crippen molar-refractivity contribution in [3.8, 4) is 11.9 Å². The van der Waals surface area contributed by atoms with Gasteiger partial charge in [-0.05, 0) is 19.1 Å². The van der Waals surface area contributed by atoms with E-state index in [1.807, 2.05) is 79.0 Å². The Morgan fingerprint density at radius 1 is 0.676 bits per heavy atom. The normalized spacial score (nSPS) is 12.8. The topological polar surface area (TPSA) is 99.0 Å². The molecule has 0 saturated heterocycles. The van der Waals surface area contributed by atoms with Crippen molar-refractivity contribution in [3.05, 3.63) is 89.1 Å². The Morgan fingerprint density at radius 2 is 1.16 bits per heavy atom. The monoisotopic (exact) mass is 483 g/mol. The SMILES string of the molecule is CC.Cc1nc(-n2c3c(c4cnccc42)C=NC=C=C3)nc(-n2c3c(c4cnccc42)C=NC=C=C3)n1. The van der Waals surface area contributed by atoms with Crippen LogP contribution in [0, 0.1) is 6.92 Å². The van der Waals surface area contributed by atoms with Crippen LogP contribution in [0.3, 0.4) is 0 Å². The Morgan fingerprint density at radius 3 is 1.65 bits per heavy atom. The number of fused-ring (bicyclic) bond motifs is 6. The van der Waals surface area contributed by atoms with Gasteiger partial charge in [0.15, 0.2) is 0 Å². The summed E-state index contributed by atoms with van der Waals surface area (Å²) >= 11 is 0. The highest BCUT2D eigenvalue weighted by Gasteiger charge is 2.22. The lowest BCUT2D eigenvalue weighted by Gasteiger charge is -2.12. The largest absolute Gasteiger partial charge is 0.277 e. The van der Waals surface area contributed by atoms with Crippen molar-refractivity contribution >= 4 is 46.4 Å². The number of aromatic nitrogens is 7. The summed E-state index contributed by atoms with van der Waals surface area (Å²) in [6, 6.07) is 3.89. The summed E-state index contributed by atoms with van der Waals surface area (Å²) in [6.07, 6.45) is 17.8. The molecule has 9 heteroatoms. The van der Waals surface area contributed by atoms with Gasteiger partial charge in [-0.2, -0.15) is 15.0 Å². The van der Waals surface area contributed by atoms with Gasteiger partial charge in [0.1, 0.15) is 5.82 Å². The third-order valence-electron chi connectivity index (χ3n) is 5.96. The molecule has 0 bridgehead atoms. The molecule has 0 spiro atoms. The van der Waals surface area contributed by atoms with E-state index in [1.165, 1.54) is 0 Å². The Bertz CT molecular complexity index is 1750. The standard InChI is InChI=1S/C26H15N9.C2H6/c1-16-31-25(34-21-4-2-8-27-12-17(21)19-14-29-10-6-23(19)34)33-26(32-16)35-22-5-3-9-28-13-18(22)20-15-30-11-7-24(20)35;1-2/h4-15H,1H3;1-2H3. The Labute approximate surface area is 212 Å². The molecule has 0 radical (unpaired) electrons. The summed E-state index contributed by atoms with van der Waals surface area (Å²) in [6.45, 7) is 5.86. The first-order chi connectivity index (χ1) is 18.3. The number of hydrogen-bond acceptors (Lipinski definition) is 7. The van der Waals surface area contributed by atoms with Gasteiger partial charge in [-0.15, -0.1) is 0 Å². The molecular formula is C28H21N9. The van der Waals surface area contributed by atoms with Crippen molar-refractivity contribution in [1.29, 1.82) is 0 Å². The van der Waals surface area contributed by atoms with Crippen LogP contribution in [0.15, 0.2) is 70.8 Å². The van der Waals surface area contributed by atoms with Gasteiger partial charge in [-0.25, -0.2) is 0 Å². The van der Waals surface area contributed by atoms with Gasteiger partial charge in [0.05, 0.1) is 34.8 Å². The van der Waals surface area contributed by atoms with Gasteiger partial charge in [-0.3, -0.25) is 29.1 Å². The van der Waals surface area contributed by atoms with Crippen LogP contribution < -0.4 is 0 Å².